The van der Waals surface area contributed by atoms with Crippen molar-refractivity contribution < 1.29 is 17.2 Å². The van der Waals surface area contributed by atoms with Crippen molar-refractivity contribution in [2.45, 2.75) is 17.7 Å². The molecule has 0 heterocycles. The Hall–Kier alpha value is -0.720. The van der Waals surface area contributed by atoms with E-state index in [4.69, 9.17) is 4.55 Å². The van der Waals surface area contributed by atoms with Gasteiger partial charge in [0.05, 0.1) is 10.6 Å². The van der Waals surface area contributed by atoms with Crippen molar-refractivity contribution >= 4 is 20.9 Å². The second-order valence-corrected chi connectivity index (χ2v) is 6.86. The van der Waals surface area contributed by atoms with Crippen LogP contribution < -0.4 is 0 Å². The lowest BCUT2D eigenvalue weighted by molar-refractivity contribution is 0.564. The Bertz CT molecular complexity index is 462. The van der Waals surface area contributed by atoms with Gasteiger partial charge in [0.15, 0.2) is 11.1 Å². The van der Waals surface area contributed by atoms with Crippen molar-refractivity contribution in [3.8, 4) is 0 Å². The molecule has 0 saturated heterocycles. The Kier molecular flexibility index (Phi) is 4.64. The van der Waals surface area contributed by atoms with Gasteiger partial charge in [-0.2, -0.15) is 0 Å². The molecule has 0 radical (unpaired) electrons. The minimum Gasteiger partial charge on any atom is -0.302 e. The lowest BCUT2D eigenvalue weighted by Gasteiger charge is -2.01. The van der Waals surface area contributed by atoms with Gasteiger partial charge in [-0.3, -0.25) is 0 Å². The van der Waals surface area contributed by atoms with Gasteiger partial charge in [-0.05, 0) is 30.5 Å². The zero-order chi connectivity index (χ0) is 12.2. The van der Waals surface area contributed by atoms with Gasteiger partial charge in [0.1, 0.15) is 9.84 Å². The number of aryl methyl sites for hydroxylation is 1. The molecule has 90 valence electrons. The van der Waals surface area contributed by atoms with Crippen molar-refractivity contribution in [1.82, 2.24) is 0 Å². The Morgan fingerprint density at radius 1 is 1.25 bits per heavy atom. The molecule has 0 spiro atoms. The first-order chi connectivity index (χ1) is 7.38. The molecule has 1 atom stereocenters. The second kappa shape index (κ2) is 5.56. The topological polar surface area (TPSA) is 71.4 Å². The summed E-state index contributed by atoms with van der Waals surface area (Å²) in [6.07, 6.45) is 2.44. The Morgan fingerprint density at radius 2 is 1.81 bits per heavy atom. The van der Waals surface area contributed by atoms with Crippen LogP contribution in [-0.4, -0.2) is 29.2 Å². The smallest absolute Gasteiger partial charge is 0.186 e. The second-order valence-electron chi connectivity index (χ2n) is 3.63. The lowest BCUT2D eigenvalue weighted by Crippen LogP contribution is -2.04. The van der Waals surface area contributed by atoms with Crippen LogP contribution in [-0.2, 0) is 27.3 Å². The Balaban J connectivity index is 2.53. The van der Waals surface area contributed by atoms with Crippen LogP contribution in [0.15, 0.2) is 29.2 Å². The van der Waals surface area contributed by atoms with Crippen molar-refractivity contribution in [2.24, 2.45) is 0 Å². The normalized spacial score (nSPS) is 13.6. The summed E-state index contributed by atoms with van der Waals surface area (Å²) in [6.45, 7) is 0. The highest BCUT2D eigenvalue weighted by Crippen LogP contribution is 2.09. The molecule has 0 bridgehead atoms. The van der Waals surface area contributed by atoms with Crippen LogP contribution in [0.1, 0.15) is 12.0 Å². The van der Waals surface area contributed by atoms with E-state index < -0.39 is 20.9 Å². The predicted octanol–water partition coefficient (Wildman–Crippen LogP) is 1.24. The summed E-state index contributed by atoms with van der Waals surface area (Å²) in [5.74, 6) is 0.167. The van der Waals surface area contributed by atoms with Crippen LogP contribution in [0.4, 0.5) is 0 Å². The van der Waals surface area contributed by atoms with E-state index in [9.17, 15) is 12.6 Å². The summed E-state index contributed by atoms with van der Waals surface area (Å²) in [6, 6.07) is 6.63. The number of benzene rings is 1. The SMILES string of the molecule is CS(=O)(=O)CCCc1ccc(S(=O)O)cc1. The molecule has 16 heavy (non-hydrogen) atoms. The number of rotatable bonds is 5. The van der Waals surface area contributed by atoms with Gasteiger partial charge in [0, 0.05) is 6.26 Å². The molecule has 0 aliphatic carbocycles. The van der Waals surface area contributed by atoms with Gasteiger partial charge in [-0.15, -0.1) is 0 Å². The van der Waals surface area contributed by atoms with Crippen LogP contribution in [0.25, 0.3) is 0 Å². The van der Waals surface area contributed by atoms with E-state index in [1.807, 2.05) is 0 Å². The molecular weight excluding hydrogens is 248 g/mol. The van der Waals surface area contributed by atoms with Gasteiger partial charge in [0.25, 0.3) is 0 Å². The van der Waals surface area contributed by atoms with Crippen molar-refractivity contribution in [3.05, 3.63) is 29.8 Å². The number of hydrogen-bond donors (Lipinski definition) is 1. The fraction of sp³-hybridized carbons (Fsp3) is 0.400. The monoisotopic (exact) mass is 262 g/mol. The molecule has 0 amide bonds. The van der Waals surface area contributed by atoms with Gasteiger partial charge < -0.3 is 4.55 Å². The average molecular weight is 262 g/mol. The van der Waals surface area contributed by atoms with E-state index in [1.165, 1.54) is 6.26 Å². The van der Waals surface area contributed by atoms with Gasteiger partial charge in [0.2, 0.25) is 0 Å². The third-order valence-electron chi connectivity index (χ3n) is 2.11. The highest BCUT2D eigenvalue weighted by Gasteiger charge is 2.03. The average Bonchev–Trinajstić information content (AvgIpc) is 2.16. The largest absolute Gasteiger partial charge is 0.302 e. The van der Waals surface area contributed by atoms with E-state index >= 15 is 0 Å². The fourth-order valence-electron chi connectivity index (χ4n) is 1.31. The molecule has 4 nitrogen and oxygen atoms in total. The van der Waals surface area contributed by atoms with Crippen molar-refractivity contribution in [1.29, 1.82) is 0 Å². The molecule has 1 unspecified atom stereocenters. The summed E-state index contributed by atoms with van der Waals surface area (Å²) in [4.78, 5) is 0.354. The molecule has 1 aromatic carbocycles. The third kappa shape index (κ3) is 4.87. The van der Waals surface area contributed by atoms with Crippen LogP contribution in [0.2, 0.25) is 0 Å². The predicted molar refractivity (Wildman–Crippen MR) is 63.5 cm³/mol. The highest BCUT2D eigenvalue weighted by molar-refractivity contribution is 7.90. The van der Waals surface area contributed by atoms with Crippen LogP contribution in [0.3, 0.4) is 0 Å². The van der Waals surface area contributed by atoms with Crippen LogP contribution >= 0.6 is 0 Å². The molecule has 0 saturated carbocycles. The first kappa shape index (κ1) is 13.3. The van der Waals surface area contributed by atoms with E-state index in [1.54, 1.807) is 24.3 Å². The maximum atomic E-state index is 10.9. The van der Waals surface area contributed by atoms with E-state index in [0.29, 0.717) is 17.7 Å². The summed E-state index contributed by atoms with van der Waals surface area (Å²) >= 11 is -1.95. The van der Waals surface area contributed by atoms with E-state index in [-0.39, 0.29) is 5.75 Å². The number of hydrogen-bond acceptors (Lipinski definition) is 3. The minimum absolute atomic E-state index is 0.167. The van der Waals surface area contributed by atoms with E-state index in [0.717, 1.165) is 5.56 Å². The molecule has 0 fully saturated rings. The molecule has 1 rings (SSSR count). The summed E-state index contributed by atoms with van der Waals surface area (Å²) in [7, 11) is -2.90. The maximum Gasteiger partial charge on any atom is 0.186 e. The van der Waals surface area contributed by atoms with Crippen molar-refractivity contribution in [2.75, 3.05) is 12.0 Å². The first-order valence-corrected chi connectivity index (χ1v) is 7.93. The van der Waals surface area contributed by atoms with Gasteiger partial charge in [-0.1, -0.05) is 12.1 Å². The molecule has 0 aromatic heterocycles. The van der Waals surface area contributed by atoms with Gasteiger partial charge in [-0.25, -0.2) is 12.6 Å². The number of sulfone groups is 1. The van der Waals surface area contributed by atoms with Crippen molar-refractivity contribution in [3.63, 3.8) is 0 Å². The molecule has 1 aromatic rings. The highest BCUT2D eigenvalue weighted by atomic mass is 32.2. The summed E-state index contributed by atoms with van der Waals surface area (Å²) in [5, 5.41) is 0. The molecule has 0 aliphatic rings. The third-order valence-corrected chi connectivity index (χ3v) is 3.81. The maximum absolute atomic E-state index is 10.9. The zero-order valence-electron chi connectivity index (χ0n) is 8.92. The molecule has 1 N–H and O–H groups in total. The Labute approximate surface area is 97.9 Å². The lowest BCUT2D eigenvalue weighted by atomic mass is 10.1. The minimum atomic E-state index is -2.90. The summed E-state index contributed by atoms with van der Waals surface area (Å²) < 4.78 is 41.3. The molecule has 0 aliphatic heterocycles. The summed E-state index contributed by atoms with van der Waals surface area (Å²) in [5.41, 5.74) is 0.970. The molecule has 6 heteroatoms. The van der Waals surface area contributed by atoms with Crippen LogP contribution in [0, 0.1) is 0 Å². The fourth-order valence-corrected chi connectivity index (χ4v) is 2.35. The quantitative estimate of drug-likeness (QED) is 0.811. The van der Waals surface area contributed by atoms with Gasteiger partial charge >= 0.3 is 0 Å². The standard InChI is InChI=1S/C10H14O4S2/c1-16(13,14)8-2-3-9-4-6-10(7-5-9)15(11)12/h4-7H,2-3,8H2,1H3,(H,11,12). The Morgan fingerprint density at radius 3 is 2.25 bits per heavy atom. The van der Waals surface area contributed by atoms with E-state index in [2.05, 4.69) is 0 Å². The zero-order valence-corrected chi connectivity index (χ0v) is 10.6. The first-order valence-electron chi connectivity index (χ1n) is 4.76. The molecular formula is C10H14O4S2. The van der Waals surface area contributed by atoms with Crippen LogP contribution in [0.5, 0.6) is 0 Å².